The highest BCUT2D eigenvalue weighted by atomic mass is 79.9. The van der Waals surface area contributed by atoms with Gasteiger partial charge in [0, 0.05) is 4.47 Å². The van der Waals surface area contributed by atoms with Gasteiger partial charge in [0.15, 0.2) is 0 Å². The van der Waals surface area contributed by atoms with Gasteiger partial charge in [0.05, 0.1) is 0 Å². The van der Waals surface area contributed by atoms with Gasteiger partial charge in [-0.3, -0.25) is 0 Å². The molecule has 0 saturated carbocycles. The fourth-order valence-corrected chi connectivity index (χ4v) is 13.1. The molecule has 2 N–H and O–H groups in total. The Morgan fingerprint density at radius 2 is 0.524 bits per heavy atom. The number of benzene rings is 16. The van der Waals surface area contributed by atoms with Gasteiger partial charge in [-0.15, -0.1) is 0 Å². The molecule has 0 amide bonds. The van der Waals surface area contributed by atoms with E-state index in [4.69, 9.17) is 0 Å². The van der Waals surface area contributed by atoms with Gasteiger partial charge in [0.25, 0.3) is 0 Å². The lowest BCUT2D eigenvalue weighted by atomic mass is 9.79. The number of fused-ring (bicyclic) bond motifs is 8. The zero-order valence-corrected chi connectivity index (χ0v) is 47.5. The van der Waals surface area contributed by atoms with Gasteiger partial charge in [0.1, 0.15) is 0 Å². The number of rotatable bonds is 6. The summed E-state index contributed by atoms with van der Waals surface area (Å²) >= 11 is 3.84. The van der Waals surface area contributed by atoms with E-state index in [1.54, 1.807) is 12.1 Å². The average molecular weight is 1140 g/mol. The van der Waals surface area contributed by atoms with Crippen LogP contribution >= 0.6 is 15.9 Å². The summed E-state index contributed by atoms with van der Waals surface area (Å²) in [5, 5.41) is 38.7. The van der Waals surface area contributed by atoms with E-state index in [1.807, 2.05) is 30.3 Å². The van der Waals surface area contributed by atoms with Crippen molar-refractivity contribution in [3.63, 3.8) is 0 Å². The maximum absolute atomic E-state index is 9.22. The predicted octanol–water partition coefficient (Wildman–Crippen LogP) is 21.1. The van der Waals surface area contributed by atoms with E-state index < -0.39 is 7.12 Å². The molecule has 84 heavy (non-hydrogen) atoms. The minimum atomic E-state index is -1.43. The molecule has 0 bridgehead atoms. The lowest BCUT2D eigenvalue weighted by Gasteiger charge is -2.19. The second-order valence-electron chi connectivity index (χ2n) is 21.4. The van der Waals surface area contributed by atoms with Gasteiger partial charge < -0.3 is 10.0 Å². The molecular formula is C80H54BBrO2. The van der Waals surface area contributed by atoms with E-state index in [-0.39, 0.29) is 0 Å². The maximum atomic E-state index is 9.22. The smallest absolute Gasteiger partial charge is 0.423 e. The first kappa shape index (κ1) is 52.2. The molecule has 16 aromatic rings. The van der Waals surface area contributed by atoms with Gasteiger partial charge >= 0.3 is 7.12 Å². The third-order valence-corrected chi connectivity index (χ3v) is 17.3. The van der Waals surface area contributed by atoms with Crippen LogP contribution in [0.3, 0.4) is 0 Å². The average Bonchev–Trinajstić information content (AvgIpc) is 1.96. The first-order valence-electron chi connectivity index (χ1n) is 28.5. The van der Waals surface area contributed by atoms with E-state index >= 15 is 0 Å². The monoisotopic (exact) mass is 1140 g/mol. The highest BCUT2D eigenvalue weighted by Gasteiger charge is 2.19. The first-order valence-corrected chi connectivity index (χ1v) is 29.3. The summed E-state index contributed by atoms with van der Waals surface area (Å²) in [5.74, 6) is 0. The molecular weight excluding hydrogens is 1080 g/mol. The molecule has 0 aromatic heterocycles. The fraction of sp³-hybridized carbons (Fsp3) is 0. The summed E-state index contributed by atoms with van der Waals surface area (Å²) in [6.45, 7) is 0. The van der Waals surface area contributed by atoms with Crippen molar-refractivity contribution in [2.24, 2.45) is 0 Å². The molecule has 0 spiro atoms. The number of hydrogen-bond donors (Lipinski definition) is 2. The van der Waals surface area contributed by atoms with Crippen LogP contribution in [0.25, 0.3) is 142 Å². The van der Waals surface area contributed by atoms with Crippen molar-refractivity contribution in [3.8, 4) is 55.6 Å². The summed E-state index contributed by atoms with van der Waals surface area (Å²) in [4.78, 5) is 0. The molecule has 0 aliphatic carbocycles. The van der Waals surface area contributed by atoms with Gasteiger partial charge in [-0.1, -0.05) is 297 Å². The van der Waals surface area contributed by atoms with Crippen molar-refractivity contribution >= 4 is 115 Å². The Labute approximate surface area is 497 Å². The van der Waals surface area contributed by atoms with E-state index in [0.717, 1.165) is 11.1 Å². The van der Waals surface area contributed by atoms with Crippen LogP contribution in [0.4, 0.5) is 0 Å². The quantitative estimate of drug-likeness (QED) is 0.129. The molecule has 16 rings (SSSR count). The van der Waals surface area contributed by atoms with Crippen LogP contribution in [0.15, 0.2) is 320 Å². The molecule has 0 aliphatic rings. The van der Waals surface area contributed by atoms with Crippen molar-refractivity contribution in [3.05, 3.63) is 320 Å². The van der Waals surface area contributed by atoms with Gasteiger partial charge in [-0.25, -0.2) is 0 Å². The molecule has 0 atom stereocenters. The molecule has 0 fully saturated rings. The molecule has 4 heteroatoms. The Morgan fingerprint density at radius 3 is 0.976 bits per heavy atom. The van der Waals surface area contributed by atoms with E-state index in [2.05, 4.69) is 289 Å². The lowest BCUT2D eigenvalue weighted by Crippen LogP contribution is -2.29. The molecule has 0 radical (unpaired) electrons. The standard InChI is InChI=1S/C40H26.C24H15Br.C16H13BO2/c1-2-13-29-25-31(24-23-27(29)11-1)30-15-9-16-32(26-30)39-35-18-5-7-20-37(35)40(38-21-8-6-19-36(38)39)34-22-10-14-28-12-3-4-17-33(28)34;25-24-21-13-5-3-11-19(21)23(20-12-4-6-14-22(20)24)18-15-7-9-16-8-1-2-10-17(16)18;18-17(19)16-7-3-6-14(11-16)15-9-8-12-4-1-2-5-13(12)10-15/h1-26H;1-15H;1-11,18-19H. The molecule has 2 nitrogen and oxygen atoms in total. The number of hydrogen-bond acceptors (Lipinski definition) is 2. The van der Waals surface area contributed by atoms with Gasteiger partial charge in [-0.05, 0) is 181 Å². The highest BCUT2D eigenvalue weighted by molar-refractivity contribution is 9.10. The van der Waals surface area contributed by atoms with Crippen LogP contribution in [-0.2, 0) is 0 Å². The van der Waals surface area contributed by atoms with Crippen molar-refractivity contribution in [2.45, 2.75) is 0 Å². The van der Waals surface area contributed by atoms with Crippen molar-refractivity contribution < 1.29 is 10.0 Å². The van der Waals surface area contributed by atoms with E-state index in [0.29, 0.717) is 5.46 Å². The third-order valence-electron chi connectivity index (χ3n) is 16.4. The Hall–Kier alpha value is -9.94. The van der Waals surface area contributed by atoms with E-state index in [1.165, 1.54) is 135 Å². The summed E-state index contributed by atoms with van der Waals surface area (Å²) in [5.41, 5.74) is 12.7. The topological polar surface area (TPSA) is 40.5 Å². The minimum Gasteiger partial charge on any atom is -0.423 e. The summed E-state index contributed by atoms with van der Waals surface area (Å²) in [7, 11) is -1.43. The molecule has 0 aliphatic heterocycles. The van der Waals surface area contributed by atoms with Crippen LogP contribution in [0.1, 0.15) is 0 Å². The SMILES string of the molecule is Brc1c2ccccc2c(-c2cccc3ccccc23)c2ccccc12.OB(O)c1cccc(-c2ccc3ccccc3c2)c1.c1cc(-c2ccc3ccccc3c2)cc(-c2c3ccccc3c(-c3cccc4ccccc34)c3ccccc23)c1. The molecule has 0 heterocycles. The zero-order valence-electron chi connectivity index (χ0n) is 45.9. The van der Waals surface area contributed by atoms with Crippen molar-refractivity contribution in [1.29, 1.82) is 0 Å². The van der Waals surface area contributed by atoms with Crippen LogP contribution in [0.5, 0.6) is 0 Å². The largest absolute Gasteiger partial charge is 0.488 e. The molecule has 0 unspecified atom stereocenters. The van der Waals surface area contributed by atoms with Crippen LogP contribution in [0.2, 0.25) is 0 Å². The molecule has 16 aromatic carbocycles. The highest BCUT2D eigenvalue weighted by Crippen LogP contribution is 2.47. The van der Waals surface area contributed by atoms with Crippen molar-refractivity contribution in [1.82, 2.24) is 0 Å². The maximum Gasteiger partial charge on any atom is 0.488 e. The Morgan fingerprint density at radius 1 is 0.214 bits per heavy atom. The second kappa shape index (κ2) is 22.8. The first-order chi connectivity index (χ1) is 41.4. The summed E-state index contributed by atoms with van der Waals surface area (Å²) in [6, 6.07) is 112. The second-order valence-corrected chi connectivity index (χ2v) is 22.2. The minimum absolute atomic E-state index is 0.505. The Kier molecular flexibility index (Phi) is 14.1. The van der Waals surface area contributed by atoms with Crippen molar-refractivity contribution in [2.75, 3.05) is 0 Å². The van der Waals surface area contributed by atoms with Gasteiger partial charge in [-0.2, -0.15) is 0 Å². The fourth-order valence-electron chi connectivity index (χ4n) is 12.5. The van der Waals surface area contributed by atoms with Crippen LogP contribution in [-0.4, -0.2) is 17.2 Å². The Bertz CT molecular complexity index is 5040. The van der Waals surface area contributed by atoms with Crippen LogP contribution in [0, 0.1) is 0 Å². The molecule has 396 valence electrons. The van der Waals surface area contributed by atoms with E-state index in [9.17, 15) is 10.0 Å². The number of halogens is 1. The summed E-state index contributed by atoms with van der Waals surface area (Å²) < 4.78 is 1.17. The van der Waals surface area contributed by atoms with Gasteiger partial charge in [0.2, 0.25) is 0 Å². The zero-order chi connectivity index (χ0) is 56.5. The summed E-state index contributed by atoms with van der Waals surface area (Å²) in [6.07, 6.45) is 0. The normalized spacial score (nSPS) is 11.3. The lowest BCUT2D eigenvalue weighted by molar-refractivity contribution is 0.426. The third kappa shape index (κ3) is 9.87. The predicted molar refractivity (Wildman–Crippen MR) is 364 cm³/mol. The van der Waals surface area contributed by atoms with Crippen LogP contribution < -0.4 is 5.46 Å². The Balaban J connectivity index is 0.000000122. The molecule has 0 saturated heterocycles.